The largest absolute Gasteiger partial charge is 0.469 e. The number of hydrogen-bond acceptors (Lipinski definition) is 6. The van der Waals surface area contributed by atoms with Crippen LogP contribution in [0.15, 0.2) is 30.3 Å². The van der Waals surface area contributed by atoms with Gasteiger partial charge in [-0.25, -0.2) is 0 Å². The van der Waals surface area contributed by atoms with E-state index < -0.39 is 6.10 Å². The Labute approximate surface area is 207 Å². The van der Waals surface area contributed by atoms with Gasteiger partial charge in [0.05, 0.1) is 24.8 Å². The van der Waals surface area contributed by atoms with Crippen LogP contribution in [0.2, 0.25) is 0 Å². The van der Waals surface area contributed by atoms with Crippen LogP contribution < -0.4 is 0 Å². The summed E-state index contributed by atoms with van der Waals surface area (Å²) in [5, 5.41) is 29.4. The number of aliphatic hydroxyl groups excluding tert-OH is 2. The summed E-state index contributed by atoms with van der Waals surface area (Å²) in [4.78, 5) is 24.3. The lowest BCUT2D eigenvalue weighted by molar-refractivity contribution is -0.140. The van der Waals surface area contributed by atoms with Gasteiger partial charge in [0.1, 0.15) is 5.78 Å². The van der Waals surface area contributed by atoms with Crippen molar-refractivity contribution in [3.63, 3.8) is 0 Å². The van der Waals surface area contributed by atoms with Crippen LogP contribution in [0, 0.1) is 37.0 Å². The molecule has 0 radical (unpaired) electrons. The third-order valence-corrected chi connectivity index (χ3v) is 7.28. The number of Topliss-reactive ketones (excluding diaryl/α,β-unsaturated/α-hetero) is 1. The quantitative estimate of drug-likeness (QED) is 0.507. The van der Waals surface area contributed by atoms with E-state index >= 15 is 0 Å². The normalized spacial score (nSPS) is 19.5. The summed E-state index contributed by atoms with van der Waals surface area (Å²) >= 11 is 0. The second-order valence-corrected chi connectivity index (χ2v) is 9.61. The number of benzene rings is 2. The van der Waals surface area contributed by atoms with Crippen LogP contribution in [0.1, 0.15) is 58.2 Å². The molecule has 0 aromatic heterocycles. The molecule has 3 atom stereocenters. The molecule has 3 rings (SSSR count). The van der Waals surface area contributed by atoms with Gasteiger partial charge in [0.25, 0.3) is 0 Å². The van der Waals surface area contributed by atoms with Crippen molar-refractivity contribution in [2.24, 2.45) is 11.8 Å². The van der Waals surface area contributed by atoms with Gasteiger partial charge in [0.15, 0.2) is 0 Å². The summed E-state index contributed by atoms with van der Waals surface area (Å²) in [5.41, 5.74) is 6.89. The number of nitriles is 1. The Morgan fingerprint density at radius 3 is 2.46 bits per heavy atom. The molecular formula is C29H35NO5. The Morgan fingerprint density at radius 2 is 1.83 bits per heavy atom. The van der Waals surface area contributed by atoms with E-state index in [1.165, 1.54) is 12.7 Å². The summed E-state index contributed by atoms with van der Waals surface area (Å²) < 4.78 is 4.72. The molecule has 2 aromatic carbocycles. The van der Waals surface area contributed by atoms with Crippen molar-refractivity contribution in [3.05, 3.63) is 69.3 Å². The monoisotopic (exact) mass is 477 g/mol. The number of ether oxygens (including phenoxy) is 1. The summed E-state index contributed by atoms with van der Waals surface area (Å²) in [7, 11) is 1.34. The molecule has 35 heavy (non-hydrogen) atoms. The van der Waals surface area contributed by atoms with E-state index in [2.05, 4.69) is 32.0 Å². The van der Waals surface area contributed by atoms with Crippen LogP contribution in [-0.2, 0) is 40.0 Å². The van der Waals surface area contributed by atoms with Crippen LogP contribution in [0.4, 0.5) is 0 Å². The second kappa shape index (κ2) is 12.1. The minimum absolute atomic E-state index is 0.104. The zero-order valence-corrected chi connectivity index (χ0v) is 20.8. The minimum Gasteiger partial charge on any atom is -0.469 e. The molecule has 6 heteroatoms. The Morgan fingerprint density at radius 1 is 1.11 bits per heavy atom. The smallest absolute Gasteiger partial charge is 0.305 e. The molecular weight excluding hydrogens is 442 g/mol. The number of esters is 1. The molecule has 0 bridgehead atoms. The van der Waals surface area contributed by atoms with Gasteiger partial charge in [-0.1, -0.05) is 24.3 Å². The molecule has 0 spiro atoms. The van der Waals surface area contributed by atoms with Gasteiger partial charge in [-0.05, 0) is 91.3 Å². The van der Waals surface area contributed by atoms with E-state index in [0.29, 0.717) is 31.2 Å². The molecule has 0 heterocycles. The van der Waals surface area contributed by atoms with Gasteiger partial charge in [0, 0.05) is 25.4 Å². The standard InChI is InChI=1S/C29H35NO5/c1-18-12-20(13-19(2)24(18)10-11-31)5-8-25-26(28(33)16-27(25)32)15-21-4-6-23(17-30)22(14-21)7-9-29(34)35-3/h4,6,12-14,25-26,28,31,33H,5,7-11,15-16H2,1-3H3/t25-,26-,28?/m1/s1. The summed E-state index contributed by atoms with van der Waals surface area (Å²) in [6.45, 7) is 4.23. The first kappa shape index (κ1) is 26.6. The summed E-state index contributed by atoms with van der Waals surface area (Å²) in [5.74, 6) is -0.630. The van der Waals surface area contributed by atoms with E-state index in [1.807, 2.05) is 12.1 Å². The summed E-state index contributed by atoms with van der Waals surface area (Å²) in [6.07, 6.45) is 2.69. The fourth-order valence-corrected chi connectivity index (χ4v) is 5.43. The third-order valence-electron chi connectivity index (χ3n) is 7.28. The van der Waals surface area contributed by atoms with Crippen molar-refractivity contribution >= 4 is 11.8 Å². The van der Waals surface area contributed by atoms with E-state index in [-0.39, 0.29) is 43.0 Å². The third kappa shape index (κ3) is 6.56. The molecule has 6 nitrogen and oxygen atoms in total. The van der Waals surface area contributed by atoms with Crippen molar-refractivity contribution in [1.82, 2.24) is 0 Å². The average molecular weight is 478 g/mol. The molecule has 186 valence electrons. The van der Waals surface area contributed by atoms with Crippen molar-refractivity contribution in [3.8, 4) is 6.07 Å². The van der Waals surface area contributed by atoms with Crippen molar-refractivity contribution in [2.75, 3.05) is 13.7 Å². The molecule has 1 aliphatic rings. The maximum atomic E-state index is 12.8. The minimum atomic E-state index is -0.683. The Balaban J connectivity index is 1.74. The molecule has 0 amide bonds. The van der Waals surface area contributed by atoms with Crippen LogP contribution in [-0.4, -0.2) is 41.8 Å². The van der Waals surface area contributed by atoms with Crippen LogP contribution in [0.3, 0.4) is 0 Å². The van der Waals surface area contributed by atoms with E-state index in [0.717, 1.165) is 34.2 Å². The van der Waals surface area contributed by atoms with Gasteiger partial charge in [0.2, 0.25) is 0 Å². The van der Waals surface area contributed by atoms with Crippen molar-refractivity contribution in [1.29, 1.82) is 5.26 Å². The van der Waals surface area contributed by atoms with E-state index in [1.54, 1.807) is 6.07 Å². The Kier molecular flexibility index (Phi) is 9.20. The highest BCUT2D eigenvalue weighted by Crippen LogP contribution is 2.36. The molecule has 1 saturated carbocycles. The average Bonchev–Trinajstić information content (AvgIpc) is 3.10. The number of methoxy groups -OCH3 is 1. The zero-order valence-electron chi connectivity index (χ0n) is 20.8. The van der Waals surface area contributed by atoms with Crippen molar-refractivity contribution in [2.45, 2.75) is 64.9 Å². The first-order valence-corrected chi connectivity index (χ1v) is 12.3. The molecule has 1 fully saturated rings. The first-order valence-electron chi connectivity index (χ1n) is 12.3. The van der Waals surface area contributed by atoms with Crippen molar-refractivity contribution < 1.29 is 24.5 Å². The molecule has 1 unspecified atom stereocenters. The SMILES string of the molecule is COC(=O)CCc1cc(C[C@H]2C(O)CC(=O)[C@@H]2CCc2cc(C)c(CCO)c(C)c2)ccc1C#N. The van der Waals surface area contributed by atoms with Crippen LogP contribution in [0.25, 0.3) is 0 Å². The first-order chi connectivity index (χ1) is 16.8. The summed E-state index contributed by atoms with van der Waals surface area (Å²) in [6, 6.07) is 12.0. The predicted octanol–water partition coefficient (Wildman–Crippen LogP) is 3.56. The number of rotatable bonds is 10. The number of aliphatic hydroxyl groups is 2. The lowest BCUT2D eigenvalue weighted by Crippen LogP contribution is -2.23. The van der Waals surface area contributed by atoms with Crippen LogP contribution in [0.5, 0.6) is 0 Å². The van der Waals surface area contributed by atoms with E-state index in [4.69, 9.17) is 4.74 Å². The van der Waals surface area contributed by atoms with Gasteiger partial charge >= 0.3 is 5.97 Å². The number of carbonyl (C=O) groups excluding carboxylic acids is 2. The molecule has 0 saturated heterocycles. The number of hydrogen-bond donors (Lipinski definition) is 2. The fourth-order valence-electron chi connectivity index (χ4n) is 5.43. The topological polar surface area (TPSA) is 108 Å². The Hall–Kier alpha value is -3.01. The maximum Gasteiger partial charge on any atom is 0.305 e. The maximum absolute atomic E-state index is 12.8. The predicted molar refractivity (Wildman–Crippen MR) is 133 cm³/mol. The second-order valence-electron chi connectivity index (χ2n) is 9.61. The van der Waals surface area contributed by atoms with Crippen LogP contribution >= 0.6 is 0 Å². The van der Waals surface area contributed by atoms with Gasteiger partial charge in [-0.15, -0.1) is 0 Å². The number of aryl methyl sites for hydroxylation is 4. The van der Waals surface area contributed by atoms with Gasteiger partial charge in [-0.2, -0.15) is 5.26 Å². The fraction of sp³-hybridized carbons (Fsp3) is 0.483. The Bertz CT molecular complexity index is 1090. The highest BCUT2D eigenvalue weighted by molar-refractivity contribution is 5.84. The molecule has 2 N–H and O–H groups in total. The molecule has 0 aliphatic heterocycles. The van der Waals surface area contributed by atoms with E-state index in [9.17, 15) is 25.1 Å². The molecule has 2 aromatic rings. The lowest BCUT2D eigenvalue weighted by atomic mass is 9.83. The number of carbonyl (C=O) groups is 2. The number of nitrogens with zero attached hydrogens (tertiary/aromatic N) is 1. The number of ketones is 1. The lowest BCUT2D eigenvalue weighted by Gasteiger charge is -2.22. The van der Waals surface area contributed by atoms with Gasteiger partial charge < -0.3 is 14.9 Å². The van der Waals surface area contributed by atoms with Gasteiger partial charge in [-0.3, -0.25) is 9.59 Å². The molecule has 1 aliphatic carbocycles. The highest BCUT2D eigenvalue weighted by Gasteiger charge is 2.41. The highest BCUT2D eigenvalue weighted by atomic mass is 16.5. The zero-order chi connectivity index (χ0) is 25.5.